The molecule has 1 atom stereocenters. The van der Waals surface area contributed by atoms with Crippen LogP contribution in [0.3, 0.4) is 0 Å². The molecule has 0 saturated heterocycles. The molecule has 1 rings (SSSR count). The van der Waals surface area contributed by atoms with Gasteiger partial charge in [0, 0.05) is 19.0 Å². The predicted octanol–water partition coefficient (Wildman–Crippen LogP) is 2.51. The number of aliphatic carboxylic acids is 1. The van der Waals surface area contributed by atoms with Crippen LogP contribution in [0.5, 0.6) is 0 Å². The minimum absolute atomic E-state index is 0.0858. The first-order chi connectivity index (χ1) is 9.08. The second kappa shape index (κ2) is 8.77. The molecule has 0 aliphatic heterocycles. The average Bonchev–Trinajstić information content (AvgIpc) is 2.37. The van der Waals surface area contributed by atoms with Crippen molar-refractivity contribution in [1.82, 2.24) is 10.6 Å². The summed E-state index contributed by atoms with van der Waals surface area (Å²) in [5.74, 6) is -0.430. The maximum absolute atomic E-state index is 11.6. The molecule has 0 aromatic carbocycles. The smallest absolute Gasteiger partial charge is 0.315 e. The Bertz CT molecular complexity index is 288. The van der Waals surface area contributed by atoms with E-state index >= 15 is 0 Å². The standard InChI is InChI=1S/C14H26N2O3/c1-11(7-8-13(17)18)9-10-15-14(19)16-12-5-3-2-4-6-12/h11-12H,2-10H2,1H3,(H,17,18)(H2,15,16,19). The molecule has 5 nitrogen and oxygen atoms in total. The summed E-state index contributed by atoms with van der Waals surface area (Å²) in [5.41, 5.74) is 0. The van der Waals surface area contributed by atoms with Crippen LogP contribution in [-0.2, 0) is 4.79 Å². The molecular formula is C14H26N2O3. The van der Waals surface area contributed by atoms with Crippen LogP contribution in [0.2, 0.25) is 0 Å². The minimum Gasteiger partial charge on any atom is -0.481 e. The number of carbonyl (C=O) groups is 2. The Morgan fingerprint density at radius 2 is 1.89 bits per heavy atom. The number of amides is 2. The molecule has 3 N–H and O–H groups in total. The predicted molar refractivity (Wildman–Crippen MR) is 74.1 cm³/mol. The van der Waals surface area contributed by atoms with Gasteiger partial charge in [-0.1, -0.05) is 26.2 Å². The Labute approximate surface area is 115 Å². The molecule has 1 aliphatic carbocycles. The lowest BCUT2D eigenvalue weighted by molar-refractivity contribution is -0.137. The third-order valence-electron chi connectivity index (χ3n) is 3.71. The van der Waals surface area contributed by atoms with Crippen molar-refractivity contribution in [1.29, 1.82) is 0 Å². The summed E-state index contributed by atoms with van der Waals surface area (Å²) in [6, 6.07) is 0.246. The molecule has 1 aliphatic rings. The van der Waals surface area contributed by atoms with Crippen molar-refractivity contribution in [2.45, 2.75) is 64.3 Å². The lowest BCUT2D eigenvalue weighted by atomic mass is 9.96. The summed E-state index contributed by atoms with van der Waals surface area (Å²) in [7, 11) is 0. The van der Waals surface area contributed by atoms with Crippen molar-refractivity contribution in [2.24, 2.45) is 5.92 Å². The zero-order valence-corrected chi connectivity index (χ0v) is 11.8. The molecule has 1 fully saturated rings. The van der Waals surface area contributed by atoms with Crippen molar-refractivity contribution >= 4 is 12.0 Å². The van der Waals surface area contributed by atoms with Crippen LogP contribution in [0.4, 0.5) is 4.79 Å². The van der Waals surface area contributed by atoms with E-state index in [9.17, 15) is 9.59 Å². The summed E-state index contributed by atoms with van der Waals surface area (Å²) < 4.78 is 0. The zero-order chi connectivity index (χ0) is 14.1. The van der Waals surface area contributed by atoms with E-state index in [1.165, 1.54) is 19.3 Å². The van der Waals surface area contributed by atoms with Gasteiger partial charge < -0.3 is 15.7 Å². The third-order valence-corrected chi connectivity index (χ3v) is 3.71. The Morgan fingerprint density at radius 3 is 2.53 bits per heavy atom. The van der Waals surface area contributed by atoms with Gasteiger partial charge in [0.2, 0.25) is 0 Å². The van der Waals surface area contributed by atoms with E-state index in [2.05, 4.69) is 10.6 Å². The fraction of sp³-hybridized carbons (Fsp3) is 0.857. The quantitative estimate of drug-likeness (QED) is 0.665. The van der Waals surface area contributed by atoms with Crippen molar-refractivity contribution in [3.8, 4) is 0 Å². The second-order valence-electron chi connectivity index (χ2n) is 5.56. The van der Waals surface area contributed by atoms with E-state index in [1.807, 2.05) is 6.92 Å². The number of rotatable bonds is 7. The minimum atomic E-state index is -0.755. The normalized spacial score (nSPS) is 17.7. The zero-order valence-electron chi connectivity index (χ0n) is 11.8. The molecule has 19 heavy (non-hydrogen) atoms. The SMILES string of the molecule is CC(CCNC(=O)NC1CCCCC1)CCC(=O)O. The van der Waals surface area contributed by atoms with Crippen LogP contribution in [0.15, 0.2) is 0 Å². The number of carbonyl (C=O) groups excluding carboxylic acids is 1. The largest absolute Gasteiger partial charge is 0.481 e. The summed E-state index contributed by atoms with van der Waals surface area (Å²) >= 11 is 0. The third kappa shape index (κ3) is 7.70. The number of urea groups is 1. The maximum atomic E-state index is 11.6. The highest BCUT2D eigenvalue weighted by Gasteiger charge is 2.15. The van der Waals surface area contributed by atoms with Crippen LogP contribution >= 0.6 is 0 Å². The van der Waals surface area contributed by atoms with Gasteiger partial charge in [-0.2, -0.15) is 0 Å². The average molecular weight is 270 g/mol. The first kappa shape index (κ1) is 15.8. The molecule has 2 amide bonds. The van der Waals surface area contributed by atoms with E-state index < -0.39 is 5.97 Å². The fourth-order valence-electron chi connectivity index (χ4n) is 2.43. The van der Waals surface area contributed by atoms with Crippen molar-refractivity contribution in [3.05, 3.63) is 0 Å². The lowest BCUT2D eigenvalue weighted by Crippen LogP contribution is -2.43. The van der Waals surface area contributed by atoms with E-state index in [-0.39, 0.29) is 12.5 Å². The first-order valence-corrected chi connectivity index (χ1v) is 7.34. The topological polar surface area (TPSA) is 78.4 Å². The Balaban J connectivity index is 2.04. The summed E-state index contributed by atoms with van der Waals surface area (Å²) in [4.78, 5) is 22.1. The number of carboxylic acids is 1. The van der Waals surface area contributed by atoms with Crippen LogP contribution < -0.4 is 10.6 Å². The number of hydrogen-bond acceptors (Lipinski definition) is 2. The van der Waals surface area contributed by atoms with Crippen LogP contribution in [0.25, 0.3) is 0 Å². The van der Waals surface area contributed by atoms with Gasteiger partial charge >= 0.3 is 12.0 Å². The molecule has 0 spiro atoms. The van der Waals surface area contributed by atoms with Crippen molar-refractivity contribution < 1.29 is 14.7 Å². The fourth-order valence-corrected chi connectivity index (χ4v) is 2.43. The van der Waals surface area contributed by atoms with Gasteiger partial charge in [0.1, 0.15) is 0 Å². The molecule has 0 bridgehead atoms. The number of hydrogen-bond donors (Lipinski definition) is 3. The van der Waals surface area contributed by atoms with Gasteiger partial charge in [0.15, 0.2) is 0 Å². The summed E-state index contributed by atoms with van der Waals surface area (Å²) in [6.45, 7) is 2.63. The summed E-state index contributed by atoms with van der Waals surface area (Å²) in [6.07, 6.45) is 7.56. The van der Waals surface area contributed by atoms with Gasteiger partial charge in [-0.05, 0) is 31.6 Å². The highest BCUT2D eigenvalue weighted by Crippen LogP contribution is 2.17. The van der Waals surface area contributed by atoms with E-state index in [0.29, 0.717) is 24.9 Å². The van der Waals surface area contributed by atoms with E-state index in [1.54, 1.807) is 0 Å². The van der Waals surface area contributed by atoms with Crippen molar-refractivity contribution in [3.63, 3.8) is 0 Å². The second-order valence-corrected chi connectivity index (χ2v) is 5.56. The Kier molecular flexibility index (Phi) is 7.30. The van der Waals surface area contributed by atoms with Gasteiger partial charge in [0.05, 0.1) is 0 Å². The van der Waals surface area contributed by atoms with Gasteiger partial charge in [-0.15, -0.1) is 0 Å². The highest BCUT2D eigenvalue weighted by atomic mass is 16.4. The van der Waals surface area contributed by atoms with E-state index in [0.717, 1.165) is 19.3 Å². The maximum Gasteiger partial charge on any atom is 0.315 e. The molecule has 0 aromatic heterocycles. The van der Waals surface area contributed by atoms with Gasteiger partial charge in [0.25, 0.3) is 0 Å². The van der Waals surface area contributed by atoms with Crippen LogP contribution in [0.1, 0.15) is 58.3 Å². The van der Waals surface area contributed by atoms with E-state index in [4.69, 9.17) is 5.11 Å². The first-order valence-electron chi connectivity index (χ1n) is 7.34. The van der Waals surface area contributed by atoms with Gasteiger partial charge in [-0.3, -0.25) is 4.79 Å². The molecule has 110 valence electrons. The molecule has 1 saturated carbocycles. The molecular weight excluding hydrogens is 244 g/mol. The number of nitrogens with one attached hydrogen (secondary N) is 2. The molecule has 5 heteroatoms. The lowest BCUT2D eigenvalue weighted by Gasteiger charge is -2.23. The molecule has 1 unspecified atom stereocenters. The van der Waals surface area contributed by atoms with Crippen LogP contribution in [-0.4, -0.2) is 29.7 Å². The summed E-state index contributed by atoms with van der Waals surface area (Å²) in [5, 5.41) is 14.4. The van der Waals surface area contributed by atoms with Crippen molar-refractivity contribution in [2.75, 3.05) is 6.54 Å². The molecule has 0 radical (unpaired) electrons. The molecule has 0 heterocycles. The molecule has 0 aromatic rings. The van der Waals surface area contributed by atoms with Crippen LogP contribution in [0, 0.1) is 5.92 Å². The Hall–Kier alpha value is -1.26. The van der Waals surface area contributed by atoms with Gasteiger partial charge in [-0.25, -0.2) is 4.79 Å². The highest BCUT2D eigenvalue weighted by molar-refractivity contribution is 5.74. The number of carboxylic acid groups (broad SMARTS) is 1. The Morgan fingerprint density at radius 1 is 1.21 bits per heavy atom. The monoisotopic (exact) mass is 270 g/mol.